The van der Waals surface area contributed by atoms with Crippen molar-refractivity contribution in [2.24, 2.45) is 0 Å². The van der Waals surface area contributed by atoms with Crippen LogP contribution in [0.15, 0.2) is 0 Å². The second kappa shape index (κ2) is 5.36. The molecular formula is C13H22N2O3. The lowest BCUT2D eigenvalue weighted by Crippen LogP contribution is -2.50. The van der Waals surface area contributed by atoms with Gasteiger partial charge in [0.15, 0.2) is 0 Å². The van der Waals surface area contributed by atoms with Gasteiger partial charge in [0.1, 0.15) is 0 Å². The Hall–Kier alpha value is -0.940. The highest BCUT2D eigenvalue weighted by molar-refractivity contribution is 6.05. The summed E-state index contributed by atoms with van der Waals surface area (Å²) in [5.41, 5.74) is 0. The number of rotatable bonds is 3. The van der Waals surface area contributed by atoms with Crippen molar-refractivity contribution in [1.29, 1.82) is 0 Å². The van der Waals surface area contributed by atoms with Gasteiger partial charge < -0.3 is 10.4 Å². The van der Waals surface area contributed by atoms with Crippen LogP contribution in [-0.4, -0.2) is 46.1 Å². The van der Waals surface area contributed by atoms with Crippen molar-refractivity contribution in [1.82, 2.24) is 10.2 Å². The Balaban J connectivity index is 1.98. The Morgan fingerprint density at radius 2 is 1.94 bits per heavy atom. The predicted octanol–water partition coefficient (Wildman–Crippen LogP) is 0.415. The van der Waals surface area contributed by atoms with Gasteiger partial charge in [-0.1, -0.05) is 12.8 Å². The highest BCUT2D eigenvalue weighted by Crippen LogP contribution is 2.22. The van der Waals surface area contributed by atoms with Gasteiger partial charge >= 0.3 is 0 Å². The van der Waals surface area contributed by atoms with Crippen molar-refractivity contribution >= 4 is 11.8 Å². The van der Waals surface area contributed by atoms with E-state index < -0.39 is 12.1 Å². The third-order valence-corrected chi connectivity index (χ3v) is 3.84. The van der Waals surface area contributed by atoms with E-state index >= 15 is 0 Å². The van der Waals surface area contributed by atoms with Crippen molar-refractivity contribution in [2.75, 3.05) is 0 Å². The van der Waals surface area contributed by atoms with E-state index in [1.54, 1.807) is 0 Å². The summed E-state index contributed by atoms with van der Waals surface area (Å²) < 4.78 is 0. The van der Waals surface area contributed by atoms with Gasteiger partial charge in [-0.05, 0) is 26.7 Å². The van der Waals surface area contributed by atoms with Crippen molar-refractivity contribution in [3.8, 4) is 0 Å². The number of hydrogen-bond acceptors (Lipinski definition) is 4. The molecule has 1 aliphatic heterocycles. The summed E-state index contributed by atoms with van der Waals surface area (Å²) in [5.74, 6) is -0.259. The monoisotopic (exact) mass is 254 g/mol. The first-order chi connectivity index (χ1) is 8.50. The van der Waals surface area contributed by atoms with Gasteiger partial charge in [0.2, 0.25) is 11.8 Å². The van der Waals surface area contributed by atoms with Crippen molar-refractivity contribution in [3.05, 3.63) is 0 Å². The highest BCUT2D eigenvalue weighted by atomic mass is 16.3. The van der Waals surface area contributed by atoms with Crippen LogP contribution in [0.1, 0.15) is 46.0 Å². The molecule has 2 amide bonds. The Kier molecular flexibility index (Phi) is 4.02. The van der Waals surface area contributed by atoms with Crippen LogP contribution in [-0.2, 0) is 9.59 Å². The largest absolute Gasteiger partial charge is 0.392 e. The minimum absolute atomic E-state index is 0.0485. The van der Waals surface area contributed by atoms with E-state index in [-0.39, 0.29) is 30.3 Å². The molecule has 2 N–H and O–H groups in total. The van der Waals surface area contributed by atoms with Crippen molar-refractivity contribution in [2.45, 2.75) is 70.2 Å². The molecule has 1 heterocycles. The fourth-order valence-corrected chi connectivity index (χ4v) is 2.89. The zero-order valence-corrected chi connectivity index (χ0v) is 11.1. The van der Waals surface area contributed by atoms with E-state index in [4.69, 9.17) is 0 Å². The molecule has 2 rings (SSSR count). The fraction of sp³-hybridized carbons (Fsp3) is 0.846. The summed E-state index contributed by atoms with van der Waals surface area (Å²) in [6.45, 7) is 3.68. The predicted molar refractivity (Wildman–Crippen MR) is 66.8 cm³/mol. The quantitative estimate of drug-likeness (QED) is 0.716. The maximum Gasteiger partial charge on any atom is 0.247 e. The van der Waals surface area contributed by atoms with E-state index in [2.05, 4.69) is 5.32 Å². The molecule has 0 aromatic heterocycles. The molecule has 5 heteroatoms. The normalized spacial score (nSPS) is 33.6. The molecule has 2 aliphatic rings. The third-order valence-electron chi connectivity index (χ3n) is 3.84. The summed E-state index contributed by atoms with van der Waals surface area (Å²) >= 11 is 0. The van der Waals surface area contributed by atoms with Crippen molar-refractivity contribution in [3.63, 3.8) is 0 Å². The Bertz CT molecular complexity index is 343. The third kappa shape index (κ3) is 2.57. The molecule has 3 unspecified atom stereocenters. The number of hydrogen-bond donors (Lipinski definition) is 2. The first-order valence-electron chi connectivity index (χ1n) is 6.80. The lowest BCUT2D eigenvalue weighted by molar-refractivity contribution is -0.140. The number of nitrogens with one attached hydrogen (secondary N) is 1. The number of carbonyl (C=O) groups excluding carboxylic acids is 2. The second-order valence-corrected chi connectivity index (χ2v) is 5.58. The molecule has 0 radical (unpaired) electrons. The van der Waals surface area contributed by atoms with E-state index in [1.165, 1.54) is 4.90 Å². The van der Waals surface area contributed by atoms with Gasteiger partial charge in [0.05, 0.1) is 18.6 Å². The molecule has 0 aromatic carbocycles. The minimum atomic E-state index is -0.447. The summed E-state index contributed by atoms with van der Waals surface area (Å²) in [6, 6.07) is -0.585. The zero-order chi connectivity index (χ0) is 13.3. The number of aliphatic hydroxyl groups is 1. The van der Waals surface area contributed by atoms with E-state index in [0.717, 1.165) is 25.7 Å². The van der Waals surface area contributed by atoms with Gasteiger partial charge in [-0.15, -0.1) is 0 Å². The first kappa shape index (κ1) is 13.5. The molecule has 1 aliphatic carbocycles. The number of amides is 2. The minimum Gasteiger partial charge on any atom is -0.392 e. The molecule has 1 saturated carbocycles. The number of likely N-dealkylation sites (tertiary alicyclic amines) is 1. The van der Waals surface area contributed by atoms with Crippen LogP contribution in [0, 0.1) is 0 Å². The highest BCUT2D eigenvalue weighted by Gasteiger charge is 2.41. The molecule has 18 heavy (non-hydrogen) atoms. The van der Waals surface area contributed by atoms with Crippen LogP contribution in [0.5, 0.6) is 0 Å². The average molecular weight is 254 g/mol. The topological polar surface area (TPSA) is 69.6 Å². The molecule has 5 nitrogen and oxygen atoms in total. The van der Waals surface area contributed by atoms with Gasteiger partial charge in [0.25, 0.3) is 0 Å². The maximum absolute atomic E-state index is 12.1. The van der Waals surface area contributed by atoms with Crippen LogP contribution in [0.25, 0.3) is 0 Å². The van der Waals surface area contributed by atoms with Crippen LogP contribution in [0.4, 0.5) is 0 Å². The first-order valence-corrected chi connectivity index (χ1v) is 6.80. The standard InChI is InChI=1S/C13H22N2O3/c1-8(2)15-12(17)7-10(13(15)18)14-9-5-3-4-6-11(9)16/h8-11,14,16H,3-7H2,1-2H3. The lowest BCUT2D eigenvalue weighted by Gasteiger charge is -2.30. The summed E-state index contributed by atoms with van der Waals surface area (Å²) in [5, 5.41) is 13.1. The molecule has 102 valence electrons. The van der Waals surface area contributed by atoms with E-state index in [1.807, 2.05) is 13.8 Å². The molecule has 0 spiro atoms. The lowest BCUT2D eigenvalue weighted by atomic mass is 9.92. The number of nitrogens with zero attached hydrogens (tertiary/aromatic N) is 1. The van der Waals surface area contributed by atoms with E-state index in [9.17, 15) is 14.7 Å². The zero-order valence-electron chi connectivity index (χ0n) is 11.1. The summed E-state index contributed by atoms with van der Waals surface area (Å²) in [4.78, 5) is 25.2. The fourth-order valence-electron chi connectivity index (χ4n) is 2.89. The maximum atomic E-state index is 12.1. The molecule has 0 bridgehead atoms. The van der Waals surface area contributed by atoms with Crippen LogP contribution >= 0.6 is 0 Å². The van der Waals surface area contributed by atoms with Gasteiger partial charge in [-0.3, -0.25) is 14.5 Å². The molecule has 0 aromatic rings. The van der Waals surface area contributed by atoms with Gasteiger partial charge in [0, 0.05) is 12.1 Å². The SMILES string of the molecule is CC(C)N1C(=O)CC(NC2CCCCC2O)C1=O. The number of aliphatic hydroxyl groups excluding tert-OH is 1. The number of carbonyl (C=O) groups is 2. The molecule has 2 fully saturated rings. The molecular weight excluding hydrogens is 232 g/mol. The molecule has 3 atom stereocenters. The average Bonchev–Trinajstić information content (AvgIpc) is 2.57. The van der Waals surface area contributed by atoms with Gasteiger partial charge in [-0.2, -0.15) is 0 Å². The van der Waals surface area contributed by atoms with Crippen molar-refractivity contribution < 1.29 is 14.7 Å². The van der Waals surface area contributed by atoms with Crippen LogP contribution in [0.2, 0.25) is 0 Å². The van der Waals surface area contributed by atoms with Crippen LogP contribution in [0.3, 0.4) is 0 Å². The Morgan fingerprint density at radius 3 is 2.50 bits per heavy atom. The summed E-state index contributed by atoms with van der Waals surface area (Å²) in [6.07, 6.45) is 3.59. The summed E-state index contributed by atoms with van der Waals surface area (Å²) in [7, 11) is 0. The number of imide groups is 1. The second-order valence-electron chi connectivity index (χ2n) is 5.58. The Morgan fingerprint density at radius 1 is 1.28 bits per heavy atom. The molecule has 1 saturated heterocycles. The van der Waals surface area contributed by atoms with Gasteiger partial charge in [-0.25, -0.2) is 0 Å². The smallest absolute Gasteiger partial charge is 0.247 e. The Labute approximate surface area is 108 Å². The van der Waals surface area contributed by atoms with Crippen LogP contribution < -0.4 is 5.32 Å². The van der Waals surface area contributed by atoms with E-state index in [0.29, 0.717) is 0 Å².